The third-order valence-electron chi connectivity index (χ3n) is 4.39. The molecule has 2 fully saturated rings. The minimum Gasteiger partial charge on any atom is -0.381 e. The van der Waals surface area contributed by atoms with Gasteiger partial charge in [-0.2, -0.15) is 0 Å². The Morgan fingerprint density at radius 1 is 1.25 bits per heavy atom. The van der Waals surface area contributed by atoms with Crippen molar-refractivity contribution in [2.24, 2.45) is 0 Å². The standard InChI is InChI=1S/C16H25N3O/c1-19-9-3-4-13(12-19)15-5-2-6-16(18-15)17-14-7-10-20-11-8-14/h2,5-6,13-14H,3-4,7-12H2,1H3,(H,17,18). The van der Waals surface area contributed by atoms with Crippen LogP contribution in [0.15, 0.2) is 18.2 Å². The molecule has 20 heavy (non-hydrogen) atoms. The predicted octanol–water partition coefficient (Wildman–Crippen LogP) is 2.48. The molecule has 2 saturated heterocycles. The first-order valence-electron chi connectivity index (χ1n) is 7.81. The molecule has 0 aliphatic carbocycles. The first-order valence-corrected chi connectivity index (χ1v) is 7.81. The fourth-order valence-corrected chi connectivity index (χ4v) is 3.22. The van der Waals surface area contributed by atoms with Crippen molar-refractivity contribution < 1.29 is 4.74 Å². The third-order valence-corrected chi connectivity index (χ3v) is 4.39. The molecule has 4 heteroatoms. The number of anilines is 1. The van der Waals surface area contributed by atoms with Crippen LogP contribution in [0, 0.1) is 0 Å². The summed E-state index contributed by atoms with van der Waals surface area (Å²) in [4.78, 5) is 7.26. The second kappa shape index (κ2) is 6.55. The maximum Gasteiger partial charge on any atom is 0.126 e. The third kappa shape index (κ3) is 3.49. The van der Waals surface area contributed by atoms with Gasteiger partial charge in [0.25, 0.3) is 0 Å². The quantitative estimate of drug-likeness (QED) is 0.919. The number of likely N-dealkylation sites (tertiary alicyclic amines) is 1. The van der Waals surface area contributed by atoms with Gasteiger partial charge in [-0.05, 0) is 51.4 Å². The van der Waals surface area contributed by atoms with Gasteiger partial charge in [-0.15, -0.1) is 0 Å². The van der Waals surface area contributed by atoms with Crippen LogP contribution in [-0.2, 0) is 4.74 Å². The van der Waals surface area contributed by atoms with E-state index in [1.807, 2.05) is 0 Å². The summed E-state index contributed by atoms with van der Waals surface area (Å²) in [6.45, 7) is 4.08. The molecule has 0 radical (unpaired) electrons. The van der Waals surface area contributed by atoms with E-state index >= 15 is 0 Å². The largest absolute Gasteiger partial charge is 0.381 e. The first kappa shape index (κ1) is 13.8. The highest BCUT2D eigenvalue weighted by molar-refractivity contribution is 5.37. The molecule has 1 unspecified atom stereocenters. The molecule has 1 N–H and O–H groups in total. The van der Waals surface area contributed by atoms with Gasteiger partial charge in [-0.25, -0.2) is 4.98 Å². The van der Waals surface area contributed by atoms with Crippen molar-refractivity contribution in [2.75, 3.05) is 38.7 Å². The monoisotopic (exact) mass is 275 g/mol. The van der Waals surface area contributed by atoms with E-state index in [-0.39, 0.29) is 0 Å². The number of ether oxygens (including phenoxy) is 1. The van der Waals surface area contributed by atoms with Crippen LogP contribution in [0.2, 0.25) is 0 Å². The molecule has 0 spiro atoms. The Bertz CT molecular complexity index is 431. The number of rotatable bonds is 3. The van der Waals surface area contributed by atoms with Crippen LogP contribution in [0.4, 0.5) is 5.82 Å². The van der Waals surface area contributed by atoms with Crippen LogP contribution in [-0.4, -0.2) is 49.3 Å². The minimum atomic E-state index is 0.514. The van der Waals surface area contributed by atoms with Gasteiger partial charge in [0.1, 0.15) is 5.82 Å². The fraction of sp³-hybridized carbons (Fsp3) is 0.688. The van der Waals surface area contributed by atoms with E-state index in [0.717, 1.165) is 38.4 Å². The Morgan fingerprint density at radius 2 is 2.10 bits per heavy atom. The van der Waals surface area contributed by atoms with Gasteiger partial charge in [-0.3, -0.25) is 0 Å². The van der Waals surface area contributed by atoms with Crippen LogP contribution in [0.5, 0.6) is 0 Å². The molecule has 0 aromatic carbocycles. The summed E-state index contributed by atoms with van der Waals surface area (Å²) in [5, 5.41) is 3.57. The van der Waals surface area contributed by atoms with E-state index in [4.69, 9.17) is 9.72 Å². The first-order chi connectivity index (χ1) is 9.81. The molecule has 1 atom stereocenters. The van der Waals surface area contributed by atoms with E-state index in [1.54, 1.807) is 0 Å². The number of hydrogen-bond acceptors (Lipinski definition) is 4. The Kier molecular flexibility index (Phi) is 4.53. The molecule has 2 aliphatic heterocycles. The van der Waals surface area contributed by atoms with Crippen LogP contribution in [0.1, 0.15) is 37.3 Å². The zero-order chi connectivity index (χ0) is 13.8. The summed E-state index contributed by atoms with van der Waals surface area (Å²) < 4.78 is 5.40. The lowest BCUT2D eigenvalue weighted by atomic mass is 9.94. The highest BCUT2D eigenvalue weighted by Crippen LogP contribution is 2.26. The topological polar surface area (TPSA) is 37.4 Å². The van der Waals surface area contributed by atoms with Gasteiger partial charge < -0.3 is 15.0 Å². The lowest BCUT2D eigenvalue weighted by Crippen LogP contribution is -2.31. The van der Waals surface area contributed by atoms with Crippen molar-refractivity contribution in [2.45, 2.75) is 37.6 Å². The molecule has 0 amide bonds. The van der Waals surface area contributed by atoms with E-state index in [0.29, 0.717) is 12.0 Å². The summed E-state index contributed by atoms with van der Waals surface area (Å²) in [5.74, 6) is 1.62. The molecule has 1 aromatic heterocycles. The van der Waals surface area contributed by atoms with Crippen molar-refractivity contribution in [1.29, 1.82) is 0 Å². The summed E-state index contributed by atoms with van der Waals surface area (Å²) in [6.07, 6.45) is 4.70. The predicted molar refractivity (Wildman–Crippen MR) is 81.2 cm³/mol. The van der Waals surface area contributed by atoms with Crippen molar-refractivity contribution in [3.8, 4) is 0 Å². The summed E-state index contributed by atoms with van der Waals surface area (Å²) in [5.41, 5.74) is 1.24. The summed E-state index contributed by atoms with van der Waals surface area (Å²) >= 11 is 0. The normalized spacial score (nSPS) is 25.6. The molecule has 3 rings (SSSR count). The second-order valence-corrected chi connectivity index (χ2v) is 6.08. The summed E-state index contributed by atoms with van der Waals surface area (Å²) in [7, 11) is 2.20. The lowest BCUT2D eigenvalue weighted by molar-refractivity contribution is 0.0904. The van der Waals surface area contributed by atoms with Gasteiger partial charge in [-0.1, -0.05) is 6.07 Å². The smallest absolute Gasteiger partial charge is 0.126 e. The molecular formula is C16H25N3O. The average Bonchev–Trinajstić information content (AvgIpc) is 2.49. The van der Waals surface area contributed by atoms with Gasteiger partial charge in [0, 0.05) is 37.4 Å². The van der Waals surface area contributed by atoms with Crippen LogP contribution >= 0.6 is 0 Å². The number of nitrogens with zero attached hydrogens (tertiary/aromatic N) is 2. The van der Waals surface area contributed by atoms with Crippen molar-refractivity contribution >= 4 is 5.82 Å². The van der Waals surface area contributed by atoms with E-state index < -0.39 is 0 Å². The molecule has 110 valence electrons. The fourth-order valence-electron chi connectivity index (χ4n) is 3.22. The molecule has 3 heterocycles. The van der Waals surface area contributed by atoms with Crippen molar-refractivity contribution in [1.82, 2.24) is 9.88 Å². The van der Waals surface area contributed by atoms with Crippen LogP contribution < -0.4 is 5.32 Å². The number of aromatic nitrogens is 1. The lowest BCUT2D eigenvalue weighted by Gasteiger charge is -2.29. The van der Waals surface area contributed by atoms with Gasteiger partial charge in [0.2, 0.25) is 0 Å². The van der Waals surface area contributed by atoms with E-state index in [9.17, 15) is 0 Å². The number of piperidine rings is 1. The number of pyridine rings is 1. The van der Waals surface area contributed by atoms with Crippen LogP contribution in [0.3, 0.4) is 0 Å². The molecular weight excluding hydrogens is 250 g/mol. The molecule has 4 nitrogen and oxygen atoms in total. The number of likely N-dealkylation sites (N-methyl/N-ethyl adjacent to an activating group) is 1. The zero-order valence-corrected chi connectivity index (χ0v) is 12.3. The highest BCUT2D eigenvalue weighted by Gasteiger charge is 2.20. The SMILES string of the molecule is CN1CCCC(c2cccc(NC3CCOCC3)n2)C1. The van der Waals surface area contributed by atoms with Crippen LogP contribution in [0.25, 0.3) is 0 Å². The molecule has 0 bridgehead atoms. The minimum absolute atomic E-state index is 0.514. The maximum atomic E-state index is 5.40. The number of nitrogens with one attached hydrogen (secondary N) is 1. The Labute approximate surface area is 121 Å². The Hall–Kier alpha value is -1.13. The number of hydrogen-bond donors (Lipinski definition) is 1. The highest BCUT2D eigenvalue weighted by atomic mass is 16.5. The Balaban J connectivity index is 1.65. The van der Waals surface area contributed by atoms with E-state index in [1.165, 1.54) is 25.1 Å². The molecule has 2 aliphatic rings. The zero-order valence-electron chi connectivity index (χ0n) is 12.3. The maximum absolute atomic E-state index is 5.40. The van der Waals surface area contributed by atoms with Gasteiger partial charge in [0.05, 0.1) is 0 Å². The average molecular weight is 275 g/mol. The van der Waals surface area contributed by atoms with Crippen molar-refractivity contribution in [3.63, 3.8) is 0 Å². The molecule has 1 aromatic rings. The molecule has 0 saturated carbocycles. The Morgan fingerprint density at radius 3 is 2.90 bits per heavy atom. The second-order valence-electron chi connectivity index (χ2n) is 6.08. The van der Waals surface area contributed by atoms with E-state index in [2.05, 4.69) is 35.5 Å². The van der Waals surface area contributed by atoms with Gasteiger partial charge >= 0.3 is 0 Å². The van der Waals surface area contributed by atoms with Crippen molar-refractivity contribution in [3.05, 3.63) is 23.9 Å². The van der Waals surface area contributed by atoms with Gasteiger partial charge in [0.15, 0.2) is 0 Å². The summed E-state index contributed by atoms with van der Waals surface area (Å²) in [6, 6.07) is 6.92.